The third-order valence-corrected chi connectivity index (χ3v) is 1.89. The van der Waals surface area contributed by atoms with Gasteiger partial charge >= 0.3 is 0 Å². The standard InChI is InChI=1S/C9H13NO3.C3H4O/c10-8(9(12)13)5-6-1-3-7(11)4-2-6;1-2-3-4/h1-4,8-9,11-13H,5,10H2;2-3H,1H2/t8-;/m0./s1. The molecule has 0 radical (unpaired) electrons. The number of aldehydes is 1. The first-order valence-corrected chi connectivity index (χ1v) is 4.97. The molecule has 94 valence electrons. The van der Waals surface area contributed by atoms with E-state index in [1.54, 1.807) is 12.1 Å². The van der Waals surface area contributed by atoms with Gasteiger partial charge in [0.2, 0.25) is 0 Å². The molecule has 0 bridgehead atoms. The Balaban J connectivity index is 0.000000557. The van der Waals surface area contributed by atoms with Crippen molar-refractivity contribution in [2.75, 3.05) is 0 Å². The molecule has 0 aromatic heterocycles. The van der Waals surface area contributed by atoms with Crippen molar-refractivity contribution < 1.29 is 20.1 Å². The highest BCUT2D eigenvalue weighted by molar-refractivity contribution is 5.63. The van der Waals surface area contributed by atoms with Gasteiger partial charge in [-0.1, -0.05) is 18.7 Å². The second-order valence-corrected chi connectivity index (χ2v) is 3.32. The Labute approximate surface area is 99.8 Å². The molecule has 0 spiro atoms. The first-order valence-electron chi connectivity index (χ1n) is 4.97. The van der Waals surface area contributed by atoms with E-state index in [9.17, 15) is 0 Å². The average Bonchev–Trinajstić information content (AvgIpc) is 2.32. The lowest BCUT2D eigenvalue weighted by Gasteiger charge is -2.13. The fourth-order valence-corrected chi connectivity index (χ4v) is 1.01. The van der Waals surface area contributed by atoms with E-state index in [1.807, 2.05) is 0 Å². The van der Waals surface area contributed by atoms with Gasteiger partial charge in [-0.15, -0.1) is 0 Å². The number of carbonyl (C=O) groups excluding carboxylic acids is 1. The smallest absolute Gasteiger partial charge is 0.167 e. The molecule has 1 aromatic carbocycles. The first-order chi connectivity index (χ1) is 8.01. The first kappa shape index (κ1) is 15.3. The van der Waals surface area contributed by atoms with Gasteiger partial charge in [-0.05, 0) is 30.2 Å². The molecule has 0 fully saturated rings. The van der Waals surface area contributed by atoms with Crippen LogP contribution in [0.15, 0.2) is 36.9 Å². The number of aliphatic hydroxyl groups excluding tert-OH is 1. The summed E-state index contributed by atoms with van der Waals surface area (Å²) >= 11 is 0. The topological polar surface area (TPSA) is 104 Å². The minimum Gasteiger partial charge on any atom is -0.508 e. The molecule has 1 rings (SSSR count). The predicted octanol–water partition coefficient (Wildman–Crippen LogP) is -0.0560. The van der Waals surface area contributed by atoms with E-state index in [2.05, 4.69) is 6.58 Å². The number of hydrogen-bond acceptors (Lipinski definition) is 5. The Morgan fingerprint density at radius 2 is 1.76 bits per heavy atom. The third-order valence-electron chi connectivity index (χ3n) is 1.89. The number of carbonyl (C=O) groups is 1. The van der Waals surface area contributed by atoms with Crippen molar-refractivity contribution in [3.8, 4) is 5.75 Å². The van der Waals surface area contributed by atoms with Gasteiger partial charge in [0, 0.05) is 0 Å². The number of nitrogens with two attached hydrogens (primary N) is 1. The van der Waals surface area contributed by atoms with Crippen LogP contribution in [-0.2, 0) is 11.2 Å². The number of allylic oxidation sites excluding steroid dienone is 1. The molecule has 1 atom stereocenters. The van der Waals surface area contributed by atoms with Crippen molar-refractivity contribution >= 4 is 6.29 Å². The van der Waals surface area contributed by atoms with Crippen molar-refractivity contribution in [3.05, 3.63) is 42.5 Å². The second kappa shape index (κ2) is 8.46. The molecule has 0 saturated carbocycles. The van der Waals surface area contributed by atoms with Crippen LogP contribution in [0, 0.1) is 0 Å². The van der Waals surface area contributed by atoms with Gasteiger partial charge in [-0.25, -0.2) is 0 Å². The number of hydrogen-bond donors (Lipinski definition) is 4. The minimum atomic E-state index is -1.51. The zero-order chi connectivity index (χ0) is 13.3. The van der Waals surface area contributed by atoms with Gasteiger partial charge in [0.05, 0.1) is 6.04 Å². The van der Waals surface area contributed by atoms with Crippen LogP contribution in [0.2, 0.25) is 0 Å². The summed E-state index contributed by atoms with van der Waals surface area (Å²) in [6, 6.07) is 5.76. The molecule has 5 nitrogen and oxygen atoms in total. The van der Waals surface area contributed by atoms with E-state index >= 15 is 0 Å². The fourth-order valence-electron chi connectivity index (χ4n) is 1.01. The summed E-state index contributed by atoms with van der Waals surface area (Å²) in [5.41, 5.74) is 6.28. The highest BCUT2D eigenvalue weighted by Crippen LogP contribution is 2.11. The van der Waals surface area contributed by atoms with Gasteiger partial charge in [0.1, 0.15) is 12.0 Å². The highest BCUT2D eigenvalue weighted by atomic mass is 16.5. The number of rotatable bonds is 4. The van der Waals surface area contributed by atoms with Gasteiger partial charge in [-0.3, -0.25) is 4.79 Å². The maximum Gasteiger partial charge on any atom is 0.167 e. The zero-order valence-corrected chi connectivity index (χ0v) is 9.36. The molecular weight excluding hydrogens is 222 g/mol. The number of phenols is 1. The summed E-state index contributed by atoms with van der Waals surface area (Å²) in [5.74, 6) is 0.182. The molecule has 5 N–H and O–H groups in total. The molecular formula is C12H17NO4. The lowest BCUT2D eigenvalue weighted by atomic mass is 10.1. The molecule has 1 aromatic rings. The van der Waals surface area contributed by atoms with Crippen molar-refractivity contribution in [2.45, 2.75) is 18.8 Å². The molecule has 0 unspecified atom stereocenters. The number of aromatic hydroxyl groups is 1. The average molecular weight is 239 g/mol. The van der Waals surface area contributed by atoms with Crippen molar-refractivity contribution in [3.63, 3.8) is 0 Å². The van der Waals surface area contributed by atoms with Gasteiger partial charge in [0.15, 0.2) is 6.29 Å². The van der Waals surface area contributed by atoms with Gasteiger partial charge < -0.3 is 21.1 Å². The number of aliphatic hydroxyl groups is 2. The van der Waals surface area contributed by atoms with E-state index in [4.69, 9.17) is 25.8 Å². The monoisotopic (exact) mass is 239 g/mol. The summed E-state index contributed by atoms with van der Waals surface area (Å²) in [5, 5.41) is 26.4. The SMILES string of the molecule is C=CC=O.N[C@@H](Cc1ccc(O)cc1)C(O)O. The van der Waals surface area contributed by atoms with Crippen LogP contribution in [0.5, 0.6) is 5.75 Å². The Bertz CT molecular complexity index is 329. The summed E-state index contributed by atoms with van der Waals surface area (Å²) in [4.78, 5) is 9.06. The molecule has 0 heterocycles. The molecule has 17 heavy (non-hydrogen) atoms. The Morgan fingerprint density at radius 3 is 2.12 bits per heavy atom. The fraction of sp³-hybridized carbons (Fsp3) is 0.250. The summed E-state index contributed by atoms with van der Waals surface area (Å²) in [7, 11) is 0. The van der Waals surface area contributed by atoms with Crippen LogP contribution in [0.1, 0.15) is 5.56 Å². The third kappa shape index (κ3) is 7.24. The lowest BCUT2D eigenvalue weighted by Crippen LogP contribution is -2.36. The Morgan fingerprint density at radius 1 is 1.29 bits per heavy atom. The van der Waals surface area contributed by atoms with Crippen LogP contribution in [0.4, 0.5) is 0 Å². The minimum absolute atomic E-state index is 0.182. The maximum absolute atomic E-state index is 9.06. The molecule has 0 aliphatic rings. The second-order valence-electron chi connectivity index (χ2n) is 3.32. The van der Waals surface area contributed by atoms with E-state index in [0.29, 0.717) is 12.7 Å². The number of benzene rings is 1. The van der Waals surface area contributed by atoms with E-state index in [1.165, 1.54) is 18.2 Å². The highest BCUT2D eigenvalue weighted by Gasteiger charge is 2.11. The van der Waals surface area contributed by atoms with Crippen molar-refractivity contribution in [1.82, 2.24) is 0 Å². The van der Waals surface area contributed by atoms with E-state index in [0.717, 1.165) is 5.56 Å². The molecule has 0 aliphatic carbocycles. The van der Waals surface area contributed by atoms with Crippen LogP contribution in [0.25, 0.3) is 0 Å². The van der Waals surface area contributed by atoms with E-state index < -0.39 is 12.3 Å². The van der Waals surface area contributed by atoms with E-state index in [-0.39, 0.29) is 5.75 Å². The zero-order valence-electron chi connectivity index (χ0n) is 9.36. The van der Waals surface area contributed by atoms with Gasteiger partial charge in [-0.2, -0.15) is 0 Å². The van der Waals surface area contributed by atoms with Crippen molar-refractivity contribution in [2.24, 2.45) is 5.73 Å². The Hall–Kier alpha value is -1.69. The van der Waals surface area contributed by atoms with Crippen molar-refractivity contribution in [1.29, 1.82) is 0 Å². The summed E-state index contributed by atoms with van der Waals surface area (Å²) in [6.07, 6.45) is 0.701. The molecule has 0 aliphatic heterocycles. The summed E-state index contributed by atoms with van der Waals surface area (Å²) in [6.45, 7) is 3.11. The number of phenolic OH excluding ortho intramolecular Hbond substituents is 1. The molecule has 5 heteroatoms. The normalized spacial score (nSPS) is 11.3. The molecule has 0 amide bonds. The van der Waals surface area contributed by atoms with Crippen LogP contribution < -0.4 is 5.73 Å². The van der Waals surface area contributed by atoms with Crippen LogP contribution in [-0.4, -0.2) is 33.9 Å². The molecule has 0 saturated heterocycles. The Kier molecular flexibility index (Phi) is 7.62. The lowest BCUT2D eigenvalue weighted by molar-refractivity contribution is -0.104. The quantitative estimate of drug-likeness (QED) is 0.335. The van der Waals surface area contributed by atoms with Crippen LogP contribution >= 0.6 is 0 Å². The van der Waals surface area contributed by atoms with Gasteiger partial charge in [0.25, 0.3) is 0 Å². The predicted molar refractivity (Wildman–Crippen MR) is 64.3 cm³/mol. The summed E-state index contributed by atoms with van der Waals surface area (Å²) < 4.78 is 0. The largest absolute Gasteiger partial charge is 0.508 e. The maximum atomic E-state index is 9.06. The van der Waals surface area contributed by atoms with Crippen LogP contribution in [0.3, 0.4) is 0 Å².